The van der Waals surface area contributed by atoms with Crippen LogP contribution in [-0.4, -0.2) is 41.7 Å². The normalized spacial score (nSPS) is 11.8. The minimum absolute atomic E-state index is 0.233. The third-order valence-electron chi connectivity index (χ3n) is 4.02. The summed E-state index contributed by atoms with van der Waals surface area (Å²) in [4.78, 5) is 23.6. The van der Waals surface area contributed by atoms with Crippen LogP contribution >= 0.6 is 0 Å². The molecule has 2 aromatic carbocycles. The molecule has 0 spiro atoms. The van der Waals surface area contributed by atoms with E-state index in [2.05, 4.69) is 22.5 Å². The number of carbonyl (C=O) groups is 2. The van der Waals surface area contributed by atoms with Crippen molar-refractivity contribution in [3.05, 3.63) is 71.3 Å². The molecule has 0 heterocycles. The molecule has 6 heteroatoms. The van der Waals surface area contributed by atoms with Crippen LogP contribution in [-0.2, 0) is 4.79 Å². The lowest BCUT2D eigenvalue weighted by atomic mass is 9.98. The lowest BCUT2D eigenvalue weighted by molar-refractivity contribution is -0.125. The van der Waals surface area contributed by atoms with Gasteiger partial charge in [-0.05, 0) is 50.2 Å². The Morgan fingerprint density at radius 1 is 1.00 bits per heavy atom. The standard InChI is InChI=1S/C22H25N3O3/c1-22(2,28)19(20(23)26)24-14-15-25-21(27)18-12-10-17(11-13-18)9-8-16-6-4-3-5-7-16/h3-7,10-13,19,24,28H,14-15H2,1-2H3,(H2,23,26)(H,25,27)/t19-/m1/s1. The van der Waals surface area contributed by atoms with Crippen molar-refractivity contribution in [2.24, 2.45) is 5.73 Å². The van der Waals surface area contributed by atoms with E-state index in [4.69, 9.17) is 5.73 Å². The zero-order chi connectivity index (χ0) is 20.6. The second kappa shape index (κ2) is 9.70. The Bertz CT molecular complexity index is 860. The molecule has 0 aliphatic rings. The van der Waals surface area contributed by atoms with Crippen LogP contribution in [0, 0.1) is 11.8 Å². The van der Waals surface area contributed by atoms with E-state index >= 15 is 0 Å². The smallest absolute Gasteiger partial charge is 0.251 e. The van der Waals surface area contributed by atoms with Gasteiger partial charge in [0.25, 0.3) is 5.91 Å². The van der Waals surface area contributed by atoms with Gasteiger partial charge in [-0.25, -0.2) is 0 Å². The van der Waals surface area contributed by atoms with Crippen molar-refractivity contribution in [2.75, 3.05) is 13.1 Å². The van der Waals surface area contributed by atoms with Gasteiger partial charge in [0, 0.05) is 29.8 Å². The minimum Gasteiger partial charge on any atom is -0.388 e. The highest BCUT2D eigenvalue weighted by molar-refractivity contribution is 5.94. The van der Waals surface area contributed by atoms with Crippen molar-refractivity contribution in [3.63, 3.8) is 0 Å². The number of hydrogen-bond acceptors (Lipinski definition) is 4. The van der Waals surface area contributed by atoms with Gasteiger partial charge in [0.05, 0.1) is 5.60 Å². The van der Waals surface area contributed by atoms with Crippen LogP contribution < -0.4 is 16.4 Å². The number of nitrogens with two attached hydrogens (primary N) is 1. The van der Waals surface area contributed by atoms with Crippen LogP contribution in [0.2, 0.25) is 0 Å². The molecule has 0 aliphatic heterocycles. The number of nitrogens with one attached hydrogen (secondary N) is 2. The van der Waals surface area contributed by atoms with E-state index in [1.54, 1.807) is 24.3 Å². The van der Waals surface area contributed by atoms with Gasteiger partial charge in [-0.3, -0.25) is 9.59 Å². The van der Waals surface area contributed by atoms with Crippen LogP contribution in [0.25, 0.3) is 0 Å². The highest BCUT2D eigenvalue weighted by atomic mass is 16.3. The molecule has 6 nitrogen and oxygen atoms in total. The van der Waals surface area contributed by atoms with E-state index in [0.717, 1.165) is 11.1 Å². The Hall–Kier alpha value is -3.14. The molecule has 28 heavy (non-hydrogen) atoms. The molecule has 0 aliphatic carbocycles. The SMILES string of the molecule is CC(C)(O)[C@H](NCCNC(=O)c1ccc(C#Cc2ccccc2)cc1)C(N)=O. The fourth-order valence-electron chi connectivity index (χ4n) is 2.56. The number of rotatable bonds is 7. The number of aliphatic hydroxyl groups is 1. The maximum atomic E-state index is 12.2. The van der Waals surface area contributed by atoms with E-state index in [1.807, 2.05) is 30.3 Å². The lowest BCUT2D eigenvalue weighted by Crippen LogP contribution is -2.56. The molecule has 0 fully saturated rings. The first-order valence-electron chi connectivity index (χ1n) is 8.98. The van der Waals surface area contributed by atoms with Crippen LogP contribution in [0.5, 0.6) is 0 Å². The van der Waals surface area contributed by atoms with Crippen molar-refractivity contribution in [1.82, 2.24) is 10.6 Å². The second-order valence-electron chi connectivity index (χ2n) is 6.89. The first kappa shape index (κ1) is 21.2. The molecule has 1 atom stereocenters. The first-order valence-corrected chi connectivity index (χ1v) is 8.98. The number of amides is 2. The highest BCUT2D eigenvalue weighted by Gasteiger charge is 2.30. The molecule has 0 saturated heterocycles. The van der Waals surface area contributed by atoms with Gasteiger partial charge in [0.1, 0.15) is 6.04 Å². The van der Waals surface area contributed by atoms with Gasteiger partial charge in [0.15, 0.2) is 0 Å². The van der Waals surface area contributed by atoms with Gasteiger partial charge >= 0.3 is 0 Å². The summed E-state index contributed by atoms with van der Waals surface area (Å²) in [6, 6.07) is 15.8. The Kier molecular flexibility index (Phi) is 7.33. The molecule has 0 saturated carbocycles. The Labute approximate surface area is 165 Å². The topological polar surface area (TPSA) is 104 Å². The molecule has 0 aromatic heterocycles. The van der Waals surface area contributed by atoms with Crippen LogP contribution in [0.3, 0.4) is 0 Å². The van der Waals surface area contributed by atoms with E-state index < -0.39 is 17.6 Å². The molecular weight excluding hydrogens is 354 g/mol. The van der Waals surface area contributed by atoms with Crippen molar-refractivity contribution in [1.29, 1.82) is 0 Å². The molecular formula is C22H25N3O3. The highest BCUT2D eigenvalue weighted by Crippen LogP contribution is 2.07. The number of hydrogen-bond donors (Lipinski definition) is 4. The summed E-state index contributed by atoms with van der Waals surface area (Å²) < 4.78 is 0. The van der Waals surface area contributed by atoms with Gasteiger partial charge in [-0.1, -0.05) is 30.0 Å². The average Bonchev–Trinajstić information content (AvgIpc) is 2.66. The molecule has 146 valence electrons. The van der Waals surface area contributed by atoms with Crippen LogP contribution in [0.1, 0.15) is 35.3 Å². The summed E-state index contributed by atoms with van der Waals surface area (Å²) in [5, 5.41) is 15.5. The summed E-state index contributed by atoms with van der Waals surface area (Å²) in [6.45, 7) is 3.57. The first-order chi connectivity index (χ1) is 13.3. The largest absolute Gasteiger partial charge is 0.388 e. The zero-order valence-electron chi connectivity index (χ0n) is 16.0. The lowest BCUT2D eigenvalue weighted by Gasteiger charge is -2.27. The number of benzene rings is 2. The predicted molar refractivity (Wildman–Crippen MR) is 108 cm³/mol. The molecule has 2 rings (SSSR count). The van der Waals surface area contributed by atoms with E-state index in [9.17, 15) is 14.7 Å². The Morgan fingerprint density at radius 2 is 1.57 bits per heavy atom. The zero-order valence-corrected chi connectivity index (χ0v) is 16.0. The Balaban J connectivity index is 1.85. The minimum atomic E-state index is -1.29. The maximum Gasteiger partial charge on any atom is 0.251 e. The predicted octanol–water partition coefficient (Wildman–Crippen LogP) is 1.03. The quantitative estimate of drug-likeness (QED) is 0.426. The second-order valence-corrected chi connectivity index (χ2v) is 6.89. The molecule has 2 aromatic rings. The third kappa shape index (κ3) is 6.54. The average molecular weight is 379 g/mol. The van der Waals surface area contributed by atoms with Gasteiger partial charge < -0.3 is 21.5 Å². The molecule has 0 bridgehead atoms. The summed E-state index contributed by atoms with van der Waals surface area (Å²) in [7, 11) is 0. The van der Waals surface area contributed by atoms with Crippen molar-refractivity contribution in [2.45, 2.75) is 25.5 Å². The number of primary amides is 1. The van der Waals surface area contributed by atoms with Crippen molar-refractivity contribution < 1.29 is 14.7 Å². The summed E-state index contributed by atoms with van der Waals surface area (Å²) in [5.74, 6) is 5.24. The fraction of sp³-hybridized carbons (Fsp3) is 0.273. The van der Waals surface area contributed by atoms with Crippen molar-refractivity contribution in [3.8, 4) is 11.8 Å². The molecule has 5 N–H and O–H groups in total. The Morgan fingerprint density at radius 3 is 2.11 bits per heavy atom. The monoisotopic (exact) mass is 379 g/mol. The van der Waals surface area contributed by atoms with Crippen molar-refractivity contribution >= 4 is 11.8 Å². The fourth-order valence-corrected chi connectivity index (χ4v) is 2.56. The molecule has 0 radical (unpaired) electrons. The number of carbonyl (C=O) groups excluding carboxylic acids is 2. The maximum absolute atomic E-state index is 12.2. The molecule has 2 amide bonds. The summed E-state index contributed by atoms with van der Waals surface area (Å²) in [6.07, 6.45) is 0. The van der Waals surface area contributed by atoms with Gasteiger partial charge in [-0.15, -0.1) is 0 Å². The summed E-state index contributed by atoms with van der Waals surface area (Å²) in [5.41, 5.74) is 6.24. The van der Waals surface area contributed by atoms with E-state index in [-0.39, 0.29) is 12.5 Å². The van der Waals surface area contributed by atoms with Gasteiger partial charge in [-0.2, -0.15) is 0 Å². The van der Waals surface area contributed by atoms with Crippen LogP contribution in [0.4, 0.5) is 0 Å². The van der Waals surface area contributed by atoms with E-state index in [0.29, 0.717) is 12.1 Å². The summed E-state index contributed by atoms with van der Waals surface area (Å²) >= 11 is 0. The van der Waals surface area contributed by atoms with Crippen LogP contribution in [0.15, 0.2) is 54.6 Å². The molecule has 0 unspecified atom stereocenters. The third-order valence-corrected chi connectivity index (χ3v) is 4.02. The van der Waals surface area contributed by atoms with E-state index in [1.165, 1.54) is 13.8 Å². The van der Waals surface area contributed by atoms with Gasteiger partial charge in [0.2, 0.25) is 5.91 Å².